The molecule has 0 aliphatic carbocycles. The molecule has 0 spiro atoms. The van der Waals surface area contributed by atoms with E-state index in [4.69, 9.17) is 14.5 Å². The second-order valence-corrected chi connectivity index (χ2v) is 7.26. The van der Waals surface area contributed by atoms with Gasteiger partial charge in [0, 0.05) is 29.0 Å². The number of benzene rings is 3. The number of rotatable bonds is 5. The number of hydrogen-bond donors (Lipinski definition) is 1. The number of imidazole rings is 1. The maximum Gasteiger partial charge on any atom is 0.224 e. The molecule has 0 saturated heterocycles. The van der Waals surface area contributed by atoms with Crippen molar-refractivity contribution in [3.8, 4) is 34.5 Å². The topological polar surface area (TPSA) is 68.9 Å². The van der Waals surface area contributed by atoms with E-state index in [1.54, 1.807) is 31.1 Å². The molecule has 0 saturated carbocycles. The smallest absolute Gasteiger partial charge is 0.224 e. The molecule has 0 radical (unpaired) electrons. The Bertz CT molecular complexity index is 1350. The molecule has 32 heavy (non-hydrogen) atoms. The van der Waals surface area contributed by atoms with Crippen LogP contribution in [0.1, 0.15) is 11.3 Å². The Morgan fingerprint density at radius 2 is 1.69 bits per heavy atom. The Kier molecular flexibility index (Phi) is 4.95. The molecule has 1 aliphatic heterocycles. The van der Waals surface area contributed by atoms with Crippen LogP contribution in [0, 0.1) is 0 Å². The van der Waals surface area contributed by atoms with Crippen LogP contribution in [-0.2, 0) is 0 Å². The first-order valence-electron chi connectivity index (χ1n) is 10.1. The van der Waals surface area contributed by atoms with E-state index in [0.29, 0.717) is 28.7 Å². The number of aromatic hydroxyl groups is 1. The van der Waals surface area contributed by atoms with Crippen molar-refractivity contribution in [2.45, 2.75) is 0 Å². The molecule has 1 aromatic heterocycles. The lowest BCUT2D eigenvalue weighted by Gasteiger charge is -2.14. The average Bonchev–Trinajstić information content (AvgIpc) is 3.40. The Labute approximate surface area is 185 Å². The third-order valence-electron chi connectivity index (χ3n) is 5.39. The SMILES string of the molecule is COc1ccc(OC)c(-n2c(-c3ccccc3)nc(C=C3C=Nc4ccccc43)c2O)c1. The highest BCUT2D eigenvalue weighted by atomic mass is 16.5. The second-order valence-electron chi connectivity index (χ2n) is 7.26. The Balaban J connectivity index is 1.74. The average molecular weight is 423 g/mol. The number of allylic oxidation sites excluding steroid dienone is 1. The summed E-state index contributed by atoms with van der Waals surface area (Å²) in [4.78, 5) is 9.26. The van der Waals surface area contributed by atoms with Crippen LogP contribution in [0.3, 0.4) is 0 Å². The first-order chi connectivity index (χ1) is 15.7. The van der Waals surface area contributed by atoms with Crippen LogP contribution in [-0.4, -0.2) is 35.1 Å². The normalized spacial score (nSPS) is 13.4. The molecule has 0 bridgehead atoms. The van der Waals surface area contributed by atoms with E-state index in [1.165, 1.54) is 0 Å². The van der Waals surface area contributed by atoms with Gasteiger partial charge in [-0.15, -0.1) is 0 Å². The van der Waals surface area contributed by atoms with Crippen molar-refractivity contribution in [2.75, 3.05) is 14.2 Å². The van der Waals surface area contributed by atoms with Crippen molar-refractivity contribution in [3.63, 3.8) is 0 Å². The Hall–Kier alpha value is -4.32. The highest BCUT2D eigenvalue weighted by Crippen LogP contribution is 2.39. The molecule has 1 aliphatic rings. The summed E-state index contributed by atoms with van der Waals surface area (Å²) in [7, 11) is 3.19. The summed E-state index contributed by atoms with van der Waals surface area (Å²) in [6.45, 7) is 0. The minimum absolute atomic E-state index is 0.000636. The molecule has 5 rings (SSSR count). The second kappa shape index (κ2) is 8.07. The van der Waals surface area contributed by atoms with Crippen LogP contribution >= 0.6 is 0 Å². The molecule has 3 aromatic carbocycles. The number of hydrogen-bond acceptors (Lipinski definition) is 5. The molecule has 6 heteroatoms. The standard InChI is InChI=1S/C26H21N3O3/c1-31-19-12-13-24(32-2)23(15-19)29-25(17-8-4-3-5-9-17)28-22(26(29)30)14-18-16-27-21-11-7-6-10-20(18)21/h3-16,30H,1-2H3. The van der Waals surface area contributed by atoms with Crippen molar-refractivity contribution in [3.05, 3.63) is 84.1 Å². The lowest BCUT2D eigenvalue weighted by atomic mass is 10.1. The van der Waals surface area contributed by atoms with Gasteiger partial charge >= 0.3 is 0 Å². The summed E-state index contributed by atoms with van der Waals surface area (Å²) in [5, 5.41) is 11.3. The Morgan fingerprint density at radius 3 is 2.47 bits per heavy atom. The fraction of sp³-hybridized carbons (Fsp3) is 0.0769. The molecule has 158 valence electrons. The predicted octanol–water partition coefficient (Wildman–Crippen LogP) is 5.52. The van der Waals surface area contributed by atoms with Gasteiger partial charge in [-0.3, -0.25) is 9.56 Å². The van der Waals surface area contributed by atoms with Crippen molar-refractivity contribution in [2.24, 2.45) is 4.99 Å². The highest BCUT2D eigenvalue weighted by Gasteiger charge is 2.22. The first kappa shape index (κ1) is 19.6. The molecule has 4 aromatic rings. The third kappa shape index (κ3) is 3.32. The fourth-order valence-corrected chi connectivity index (χ4v) is 3.81. The van der Waals surface area contributed by atoms with Gasteiger partial charge in [-0.2, -0.15) is 0 Å². The van der Waals surface area contributed by atoms with Crippen LogP contribution < -0.4 is 9.47 Å². The Morgan fingerprint density at radius 1 is 0.906 bits per heavy atom. The highest BCUT2D eigenvalue weighted by molar-refractivity contribution is 6.21. The monoisotopic (exact) mass is 423 g/mol. The molecular formula is C26H21N3O3. The summed E-state index contributed by atoms with van der Waals surface area (Å²) in [5.41, 5.74) is 4.71. The molecule has 0 amide bonds. The van der Waals surface area contributed by atoms with Gasteiger partial charge in [-0.1, -0.05) is 48.5 Å². The zero-order valence-electron chi connectivity index (χ0n) is 17.7. The number of para-hydroxylation sites is 1. The van der Waals surface area contributed by atoms with Crippen LogP contribution in [0.4, 0.5) is 5.69 Å². The van der Waals surface area contributed by atoms with Gasteiger partial charge in [0.1, 0.15) is 23.0 Å². The molecule has 1 N–H and O–H groups in total. The van der Waals surface area contributed by atoms with Crippen molar-refractivity contribution >= 4 is 23.6 Å². The molecule has 6 nitrogen and oxygen atoms in total. The maximum atomic E-state index is 11.3. The van der Waals surface area contributed by atoms with Gasteiger partial charge in [0.05, 0.1) is 25.6 Å². The van der Waals surface area contributed by atoms with Crippen molar-refractivity contribution < 1.29 is 14.6 Å². The summed E-state index contributed by atoms with van der Waals surface area (Å²) in [5.74, 6) is 1.82. The molecule has 0 unspecified atom stereocenters. The van der Waals surface area contributed by atoms with Gasteiger partial charge in [-0.05, 0) is 24.3 Å². The first-order valence-corrected chi connectivity index (χ1v) is 10.1. The van der Waals surface area contributed by atoms with E-state index in [9.17, 15) is 5.11 Å². The molecule has 0 atom stereocenters. The minimum Gasteiger partial charge on any atom is -0.497 e. The lowest BCUT2D eigenvalue weighted by Crippen LogP contribution is -2.01. The van der Waals surface area contributed by atoms with Crippen LogP contribution in [0.25, 0.3) is 28.7 Å². The summed E-state index contributed by atoms with van der Waals surface area (Å²) in [6, 6.07) is 23.0. The maximum absolute atomic E-state index is 11.3. The van der Waals surface area contributed by atoms with Gasteiger partial charge < -0.3 is 14.6 Å². The fourth-order valence-electron chi connectivity index (χ4n) is 3.81. The number of nitrogens with zero attached hydrogens (tertiary/aromatic N) is 3. The van der Waals surface area contributed by atoms with E-state index >= 15 is 0 Å². The zero-order chi connectivity index (χ0) is 22.1. The zero-order valence-corrected chi connectivity index (χ0v) is 17.7. The van der Waals surface area contributed by atoms with Crippen LogP contribution in [0.5, 0.6) is 17.4 Å². The van der Waals surface area contributed by atoms with E-state index < -0.39 is 0 Å². The van der Waals surface area contributed by atoms with Gasteiger partial charge in [0.2, 0.25) is 5.88 Å². The van der Waals surface area contributed by atoms with Crippen LogP contribution in [0.15, 0.2) is 77.8 Å². The summed E-state index contributed by atoms with van der Waals surface area (Å²) in [6.07, 6.45) is 3.64. The van der Waals surface area contributed by atoms with Gasteiger partial charge in [-0.25, -0.2) is 4.98 Å². The number of methoxy groups -OCH3 is 2. The summed E-state index contributed by atoms with van der Waals surface area (Å²) < 4.78 is 12.7. The third-order valence-corrected chi connectivity index (χ3v) is 5.39. The van der Waals surface area contributed by atoms with Gasteiger partial charge in [0.25, 0.3) is 0 Å². The van der Waals surface area contributed by atoms with Crippen molar-refractivity contribution in [1.82, 2.24) is 9.55 Å². The number of aromatic nitrogens is 2. The number of aliphatic imine (C=N–C) groups is 1. The van der Waals surface area contributed by atoms with Crippen molar-refractivity contribution in [1.29, 1.82) is 0 Å². The van der Waals surface area contributed by atoms with E-state index in [0.717, 1.165) is 22.4 Å². The number of ether oxygens (including phenoxy) is 2. The molecule has 2 heterocycles. The van der Waals surface area contributed by atoms with E-state index in [2.05, 4.69) is 4.99 Å². The van der Waals surface area contributed by atoms with Crippen LogP contribution in [0.2, 0.25) is 0 Å². The summed E-state index contributed by atoms with van der Waals surface area (Å²) >= 11 is 0. The van der Waals surface area contributed by atoms with E-state index in [1.807, 2.05) is 72.8 Å². The van der Waals surface area contributed by atoms with E-state index in [-0.39, 0.29) is 5.88 Å². The molecular weight excluding hydrogens is 402 g/mol. The lowest BCUT2D eigenvalue weighted by molar-refractivity contribution is 0.397. The molecule has 0 fully saturated rings. The minimum atomic E-state index is 0.000636. The largest absolute Gasteiger partial charge is 0.497 e. The predicted molar refractivity (Wildman–Crippen MR) is 126 cm³/mol. The van der Waals surface area contributed by atoms with Gasteiger partial charge in [0.15, 0.2) is 0 Å². The number of fused-ring (bicyclic) bond motifs is 1. The quantitative estimate of drug-likeness (QED) is 0.459.